The van der Waals surface area contributed by atoms with E-state index in [4.69, 9.17) is 0 Å². The Bertz CT molecular complexity index is 362. The Labute approximate surface area is 111 Å². The van der Waals surface area contributed by atoms with Crippen molar-refractivity contribution in [2.45, 2.75) is 39.3 Å². The molecule has 0 radical (unpaired) electrons. The molecule has 0 saturated carbocycles. The van der Waals surface area contributed by atoms with Crippen LogP contribution in [-0.4, -0.2) is 25.0 Å². The van der Waals surface area contributed by atoms with Gasteiger partial charge in [-0.15, -0.1) is 0 Å². The standard InChI is InChI=1S/C16H26N2/c1-3-14-7-6-10-18(12-14)13-16-9-5-4-8-15(16)11-17-2/h4-5,8-9,14,17H,3,6-7,10-13H2,1-2H3. The van der Waals surface area contributed by atoms with Gasteiger partial charge in [-0.2, -0.15) is 0 Å². The molecule has 0 spiro atoms. The van der Waals surface area contributed by atoms with Gasteiger partial charge >= 0.3 is 0 Å². The van der Waals surface area contributed by atoms with Crippen LogP contribution in [0, 0.1) is 5.92 Å². The molecule has 18 heavy (non-hydrogen) atoms. The zero-order chi connectivity index (χ0) is 12.8. The van der Waals surface area contributed by atoms with Crippen LogP contribution in [0.5, 0.6) is 0 Å². The highest BCUT2D eigenvalue weighted by molar-refractivity contribution is 5.27. The zero-order valence-electron chi connectivity index (χ0n) is 11.8. The first-order valence-electron chi connectivity index (χ1n) is 7.27. The maximum atomic E-state index is 3.26. The molecule has 1 saturated heterocycles. The van der Waals surface area contributed by atoms with Crippen molar-refractivity contribution in [3.63, 3.8) is 0 Å². The summed E-state index contributed by atoms with van der Waals surface area (Å²) in [5.74, 6) is 0.912. The molecule has 1 unspecified atom stereocenters. The average Bonchev–Trinajstić information content (AvgIpc) is 2.41. The summed E-state index contributed by atoms with van der Waals surface area (Å²) in [7, 11) is 2.02. The van der Waals surface area contributed by atoms with Crippen molar-refractivity contribution in [3.05, 3.63) is 35.4 Å². The summed E-state index contributed by atoms with van der Waals surface area (Å²) < 4.78 is 0. The number of hydrogen-bond acceptors (Lipinski definition) is 2. The van der Waals surface area contributed by atoms with E-state index in [0.29, 0.717) is 0 Å². The van der Waals surface area contributed by atoms with Crippen molar-refractivity contribution >= 4 is 0 Å². The van der Waals surface area contributed by atoms with Crippen LogP contribution in [0.1, 0.15) is 37.3 Å². The second-order valence-electron chi connectivity index (χ2n) is 5.45. The van der Waals surface area contributed by atoms with E-state index in [-0.39, 0.29) is 0 Å². The highest BCUT2D eigenvalue weighted by atomic mass is 15.1. The number of piperidine rings is 1. The molecule has 2 rings (SSSR count). The van der Waals surface area contributed by atoms with E-state index in [1.807, 2.05) is 7.05 Å². The van der Waals surface area contributed by atoms with Gasteiger partial charge in [-0.3, -0.25) is 4.90 Å². The second kappa shape index (κ2) is 6.91. The summed E-state index contributed by atoms with van der Waals surface area (Å²) in [6.45, 7) is 6.97. The first-order chi connectivity index (χ1) is 8.83. The molecule has 1 fully saturated rings. The van der Waals surface area contributed by atoms with Crippen LogP contribution < -0.4 is 5.32 Å². The molecule has 0 amide bonds. The van der Waals surface area contributed by atoms with Gasteiger partial charge in [0.1, 0.15) is 0 Å². The van der Waals surface area contributed by atoms with Crippen LogP contribution in [-0.2, 0) is 13.1 Å². The fourth-order valence-electron chi connectivity index (χ4n) is 2.94. The van der Waals surface area contributed by atoms with Gasteiger partial charge in [0.25, 0.3) is 0 Å². The van der Waals surface area contributed by atoms with Gasteiger partial charge in [0.15, 0.2) is 0 Å². The SMILES string of the molecule is CCC1CCCN(Cc2ccccc2CNC)C1. The Morgan fingerprint density at radius 2 is 2.06 bits per heavy atom. The Balaban J connectivity index is 1.99. The number of hydrogen-bond donors (Lipinski definition) is 1. The summed E-state index contributed by atoms with van der Waals surface area (Å²) in [5.41, 5.74) is 2.93. The highest BCUT2D eigenvalue weighted by Gasteiger charge is 2.18. The summed E-state index contributed by atoms with van der Waals surface area (Å²) in [6, 6.07) is 8.83. The van der Waals surface area contributed by atoms with Gasteiger partial charge in [-0.05, 0) is 43.5 Å². The minimum atomic E-state index is 0.912. The van der Waals surface area contributed by atoms with E-state index < -0.39 is 0 Å². The third-order valence-corrected chi connectivity index (χ3v) is 4.06. The minimum absolute atomic E-state index is 0.912. The molecule has 2 heteroatoms. The number of nitrogens with one attached hydrogen (secondary N) is 1. The van der Waals surface area contributed by atoms with E-state index in [1.54, 1.807) is 0 Å². The smallest absolute Gasteiger partial charge is 0.0237 e. The van der Waals surface area contributed by atoms with Crippen molar-refractivity contribution < 1.29 is 0 Å². The zero-order valence-corrected chi connectivity index (χ0v) is 11.8. The van der Waals surface area contributed by atoms with Crippen LogP contribution in [0.4, 0.5) is 0 Å². The molecule has 1 N–H and O–H groups in total. The molecule has 0 aromatic heterocycles. The molecule has 2 nitrogen and oxygen atoms in total. The Morgan fingerprint density at radius 3 is 2.78 bits per heavy atom. The lowest BCUT2D eigenvalue weighted by molar-refractivity contribution is 0.164. The molecule has 100 valence electrons. The lowest BCUT2D eigenvalue weighted by Crippen LogP contribution is -2.35. The molecular weight excluding hydrogens is 220 g/mol. The normalized spacial score (nSPS) is 21.1. The molecule has 1 aliphatic rings. The monoisotopic (exact) mass is 246 g/mol. The summed E-state index contributed by atoms with van der Waals surface area (Å²) >= 11 is 0. The summed E-state index contributed by atoms with van der Waals surface area (Å²) in [6.07, 6.45) is 4.12. The lowest BCUT2D eigenvalue weighted by atomic mass is 9.95. The second-order valence-corrected chi connectivity index (χ2v) is 5.45. The van der Waals surface area contributed by atoms with Gasteiger partial charge in [0.2, 0.25) is 0 Å². The largest absolute Gasteiger partial charge is 0.316 e. The van der Waals surface area contributed by atoms with E-state index in [0.717, 1.165) is 19.0 Å². The Hall–Kier alpha value is -0.860. The predicted octanol–water partition coefficient (Wildman–Crippen LogP) is 3.03. The van der Waals surface area contributed by atoms with Crippen LogP contribution in [0.25, 0.3) is 0 Å². The van der Waals surface area contributed by atoms with Crippen LogP contribution >= 0.6 is 0 Å². The van der Waals surface area contributed by atoms with Gasteiger partial charge in [-0.25, -0.2) is 0 Å². The molecule has 1 aliphatic heterocycles. The highest BCUT2D eigenvalue weighted by Crippen LogP contribution is 2.21. The molecule has 1 heterocycles. The maximum Gasteiger partial charge on any atom is 0.0237 e. The Morgan fingerprint density at radius 1 is 1.28 bits per heavy atom. The molecule has 0 aliphatic carbocycles. The van der Waals surface area contributed by atoms with Gasteiger partial charge in [0.05, 0.1) is 0 Å². The molecule has 1 aromatic rings. The van der Waals surface area contributed by atoms with Crippen molar-refractivity contribution in [1.29, 1.82) is 0 Å². The molecule has 0 bridgehead atoms. The van der Waals surface area contributed by atoms with Gasteiger partial charge in [-0.1, -0.05) is 37.6 Å². The minimum Gasteiger partial charge on any atom is -0.316 e. The Kier molecular flexibility index (Phi) is 5.21. The first kappa shape index (κ1) is 13.6. The number of nitrogens with zero attached hydrogens (tertiary/aromatic N) is 1. The van der Waals surface area contributed by atoms with Crippen LogP contribution in [0.3, 0.4) is 0 Å². The van der Waals surface area contributed by atoms with Gasteiger partial charge in [0, 0.05) is 19.6 Å². The average molecular weight is 246 g/mol. The van der Waals surface area contributed by atoms with E-state index in [2.05, 4.69) is 41.4 Å². The molecule has 1 aromatic carbocycles. The fourth-order valence-corrected chi connectivity index (χ4v) is 2.94. The fraction of sp³-hybridized carbons (Fsp3) is 0.625. The number of likely N-dealkylation sites (tertiary alicyclic amines) is 1. The maximum absolute atomic E-state index is 3.26. The lowest BCUT2D eigenvalue weighted by Gasteiger charge is -2.32. The van der Waals surface area contributed by atoms with Crippen molar-refractivity contribution in [1.82, 2.24) is 10.2 Å². The quantitative estimate of drug-likeness (QED) is 0.859. The van der Waals surface area contributed by atoms with Crippen molar-refractivity contribution in [2.75, 3.05) is 20.1 Å². The topological polar surface area (TPSA) is 15.3 Å². The predicted molar refractivity (Wildman–Crippen MR) is 77.5 cm³/mol. The number of benzene rings is 1. The van der Waals surface area contributed by atoms with E-state index in [9.17, 15) is 0 Å². The van der Waals surface area contributed by atoms with Crippen molar-refractivity contribution in [2.24, 2.45) is 5.92 Å². The van der Waals surface area contributed by atoms with Gasteiger partial charge < -0.3 is 5.32 Å². The van der Waals surface area contributed by atoms with Crippen LogP contribution in [0.15, 0.2) is 24.3 Å². The summed E-state index contributed by atoms with van der Waals surface area (Å²) in [4.78, 5) is 2.63. The van der Waals surface area contributed by atoms with Crippen molar-refractivity contribution in [3.8, 4) is 0 Å². The third kappa shape index (κ3) is 3.56. The summed E-state index contributed by atoms with van der Waals surface area (Å²) in [5, 5.41) is 3.26. The number of rotatable bonds is 5. The molecular formula is C16H26N2. The van der Waals surface area contributed by atoms with Crippen LogP contribution in [0.2, 0.25) is 0 Å². The molecule has 1 atom stereocenters. The third-order valence-electron chi connectivity index (χ3n) is 4.06. The first-order valence-corrected chi connectivity index (χ1v) is 7.27. The van der Waals surface area contributed by atoms with E-state index >= 15 is 0 Å². The van der Waals surface area contributed by atoms with E-state index in [1.165, 1.54) is 43.5 Å².